The molecule has 0 aliphatic rings. The van der Waals surface area contributed by atoms with Gasteiger partial charge in [-0.05, 0) is 6.92 Å². The van der Waals surface area contributed by atoms with Crippen LogP contribution in [0.2, 0.25) is 0 Å². The van der Waals surface area contributed by atoms with Crippen molar-refractivity contribution in [1.82, 2.24) is 0 Å². The molecule has 0 saturated heterocycles. The van der Waals surface area contributed by atoms with Crippen molar-refractivity contribution in [2.45, 2.75) is 39.0 Å². The summed E-state index contributed by atoms with van der Waals surface area (Å²) in [5.74, 6) is 0. The van der Waals surface area contributed by atoms with Crippen molar-refractivity contribution in [3.8, 4) is 0 Å². The Morgan fingerprint density at radius 2 is 1.85 bits per heavy atom. The van der Waals surface area contributed by atoms with E-state index in [1.165, 1.54) is 6.42 Å². The van der Waals surface area contributed by atoms with E-state index in [2.05, 4.69) is 4.74 Å². The van der Waals surface area contributed by atoms with E-state index in [9.17, 15) is 13.2 Å². The number of hydrogen-bond donors (Lipinski definition) is 0. The zero-order valence-electron chi connectivity index (χ0n) is 7.90. The molecule has 0 bridgehead atoms. The maximum atomic E-state index is 12.1. The van der Waals surface area contributed by atoms with Crippen LogP contribution in [-0.4, -0.2) is 18.9 Å². The molecule has 0 aromatic carbocycles. The molecule has 0 aliphatic carbocycles. The summed E-state index contributed by atoms with van der Waals surface area (Å²) in [4.78, 5) is 0. The molecule has 0 aromatic heterocycles. The number of alkyl halides is 3. The first-order chi connectivity index (χ1) is 5.52. The monoisotopic (exact) mass is 272 g/mol. The standard InChI is InChI=1S/C8H14F3O.Y/c1-3-5-6-7(12-4-2)8(9,10)11;/h6-7H,3-5H2,1-2H3;/q-1;. The summed E-state index contributed by atoms with van der Waals surface area (Å²) in [7, 11) is 0. The molecule has 0 rings (SSSR count). The average Bonchev–Trinajstić information content (AvgIpc) is 1.95. The molecule has 5 heteroatoms. The Morgan fingerprint density at radius 3 is 2.15 bits per heavy atom. The average molecular weight is 272 g/mol. The van der Waals surface area contributed by atoms with E-state index in [1.54, 1.807) is 6.92 Å². The van der Waals surface area contributed by atoms with Crippen LogP contribution in [0, 0.1) is 6.42 Å². The molecule has 77 valence electrons. The van der Waals surface area contributed by atoms with Crippen LogP contribution in [0.3, 0.4) is 0 Å². The number of hydrogen-bond acceptors (Lipinski definition) is 1. The fourth-order valence-corrected chi connectivity index (χ4v) is 0.794. The molecular weight excluding hydrogens is 258 g/mol. The van der Waals surface area contributed by atoms with Crippen molar-refractivity contribution in [3.63, 3.8) is 0 Å². The molecule has 1 nitrogen and oxygen atoms in total. The first-order valence-corrected chi connectivity index (χ1v) is 4.04. The van der Waals surface area contributed by atoms with Crippen molar-refractivity contribution < 1.29 is 50.6 Å². The van der Waals surface area contributed by atoms with E-state index in [-0.39, 0.29) is 39.3 Å². The van der Waals surface area contributed by atoms with E-state index in [0.29, 0.717) is 12.8 Å². The summed E-state index contributed by atoms with van der Waals surface area (Å²) < 4.78 is 40.8. The molecule has 0 saturated carbocycles. The minimum Gasteiger partial charge on any atom is -0.401 e. The molecule has 0 heterocycles. The second-order valence-corrected chi connectivity index (χ2v) is 2.44. The van der Waals surface area contributed by atoms with Gasteiger partial charge in [-0.2, -0.15) is 19.6 Å². The molecule has 0 fully saturated rings. The zero-order valence-corrected chi connectivity index (χ0v) is 10.7. The van der Waals surface area contributed by atoms with E-state index in [4.69, 9.17) is 0 Å². The van der Waals surface area contributed by atoms with E-state index in [1.807, 2.05) is 6.92 Å². The number of rotatable bonds is 5. The third-order valence-corrected chi connectivity index (χ3v) is 1.34. The van der Waals surface area contributed by atoms with Gasteiger partial charge < -0.3 is 4.74 Å². The molecule has 0 spiro atoms. The normalized spacial score (nSPS) is 13.6. The second-order valence-electron chi connectivity index (χ2n) is 2.44. The van der Waals surface area contributed by atoms with E-state index in [0.717, 1.165) is 0 Å². The third-order valence-electron chi connectivity index (χ3n) is 1.34. The van der Waals surface area contributed by atoms with E-state index < -0.39 is 12.3 Å². The van der Waals surface area contributed by atoms with Gasteiger partial charge in [-0.1, -0.05) is 13.3 Å². The van der Waals surface area contributed by atoms with Gasteiger partial charge in [0, 0.05) is 45.4 Å². The van der Waals surface area contributed by atoms with Crippen molar-refractivity contribution in [3.05, 3.63) is 6.42 Å². The van der Waals surface area contributed by atoms with Gasteiger partial charge in [0.15, 0.2) is 0 Å². The maximum Gasteiger partial charge on any atom is 0.387 e. The molecule has 1 atom stereocenters. The molecule has 13 heavy (non-hydrogen) atoms. The Kier molecular flexibility index (Phi) is 10.3. The van der Waals surface area contributed by atoms with Gasteiger partial charge in [-0.3, -0.25) is 6.42 Å². The largest absolute Gasteiger partial charge is 0.401 e. The van der Waals surface area contributed by atoms with Gasteiger partial charge in [0.1, 0.15) is 0 Å². The summed E-state index contributed by atoms with van der Waals surface area (Å²) in [6.07, 6.45) is -3.64. The second kappa shape index (κ2) is 8.19. The predicted molar refractivity (Wildman–Crippen MR) is 40.7 cm³/mol. The van der Waals surface area contributed by atoms with Crippen LogP contribution >= 0.6 is 0 Å². The Hall–Kier alpha value is 0.854. The SMILES string of the molecule is CCC[CH-]C(OCC)C(F)(F)F.[Y]. The van der Waals surface area contributed by atoms with Gasteiger partial charge in [0.2, 0.25) is 0 Å². The molecule has 0 amide bonds. The molecule has 1 unspecified atom stereocenters. The Labute approximate surface area is 102 Å². The van der Waals surface area contributed by atoms with Crippen LogP contribution in [0.1, 0.15) is 26.7 Å². The van der Waals surface area contributed by atoms with Gasteiger partial charge in [-0.15, -0.1) is 0 Å². The van der Waals surface area contributed by atoms with E-state index >= 15 is 0 Å². The summed E-state index contributed by atoms with van der Waals surface area (Å²) in [6.45, 7) is 3.47. The van der Waals surface area contributed by atoms with Crippen molar-refractivity contribution in [2.75, 3.05) is 6.61 Å². The topological polar surface area (TPSA) is 9.23 Å². The van der Waals surface area contributed by atoms with Gasteiger partial charge in [-0.25, -0.2) is 0 Å². The Balaban J connectivity index is 0. The van der Waals surface area contributed by atoms with Crippen LogP contribution in [0.4, 0.5) is 13.2 Å². The Morgan fingerprint density at radius 1 is 1.31 bits per heavy atom. The number of unbranched alkanes of at least 4 members (excludes halogenated alkanes) is 1. The minimum atomic E-state index is -4.26. The van der Waals surface area contributed by atoms with Crippen LogP contribution in [0.25, 0.3) is 0 Å². The van der Waals surface area contributed by atoms with Crippen LogP contribution in [0.5, 0.6) is 0 Å². The molecule has 0 aromatic rings. The predicted octanol–water partition coefficient (Wildman–Crippen LogP) is 2.96. The number of halogens is 3. The fraction of sp³-hybridized carbons (Fsp3) is 0.875. The van der Waals surface area contributed by atoms with Crippen LogP contribution in [0.15, 0.2) is 0 Å². The summed E-state index contributed by atoms with van der Waals surface area (Å²) in [5, 5.41) is 0. The van der Waals surface area contributed by atoms with Crippen molar-refractivity contribution >= 4 is 0 Å². The first-order valence-electron chi connectivity index (χ1n) is 4.04. The fourth-order valence-electron chi connectivity index (χ4n) is 0.794. The third kappa shape index (κ3) is 7.89. The van der Waals surface area contributed by atoms with Crippen LogP contribution in [-0.2, 0) is 37.4 Å². The summed E-state index contributed by atoms with van der Waals surface area (Å²) in [6, 6.07) is 0. The minimum absolute atomic E-state index is 0. The van der Waals surface area contributed by atoms with Crippen molar-refractivity contribution in [1.29, 1.82) is 0 Å². The molecular formula is C8H14F3OY-. The summed E-state index contributed by atoms with van der Waals surface area (Å²) in [5.41, 5.74) is 0. The molecule has 1 radical (unpaired) electrons. The molecule has 0 N–H and O–H groups in total. The van der Waals surface area contributed by atoms with Gasteiger partial charge in [0.05, 0.1) is 0 Å². The summed E-state index contributed by atoms with van der Waals surface area (Å²) >= 11 is 0. The van der Waals surface area contributed by atoms with Gasteiger partial charge >= 0.3 is 6.18 Å². The maximum absolute atomic E-state index is 12.1. The quantitative estimate of drug-likeness (QED) is 0.699. The number of ether oxygens (including phenoxy) is 1. The Bertz CT molecular complexity index is 116. The zero-order chi connectivity index (χ0) is 9.61. The van der Waals surface area contributed by atoms with Crippen LogP contribution < -0.4 is 0 Å². The first kappa shape index (κ1) is 16.3. The van der Waals surface area contributed by atoms with Gasteiger partial charge in [0.25, 0.3) is 0 Å². The molecule has 0 aliphatic heterocycles. The smallest absolute Gasteiger partial charge is 0.387 e. The van der Waals surface area contributed by atoms with Crippen molar-refractivity contribution in [2.24, 2.45) is 0 Å².